The van der Waals surface area contributed by atoms with E-state index in [1.807, 2.05) is 19.1 Å². The third kappa shape index (κ3) is 3.78. The number of benzene rings is 1. The van der Waals surface area contributed by atoms with E-state index in [0.717, 1.165) is 0 Å². The molecule has 0 aliphatic rings. The summed E-state index contributed by atoms with van der Waals surface area (Å²) < 4.78 is 26.7. The first-order chi connectivity index (χ1) is 8.94. The number of hydrogen-bond acceptors (Lipinski definition) is 4. The molecule has 0 amide bonds. The van der Waals surface area contributed by atoms with Gasteiger partial charge >= 0.3 is 0 Å². The van der Waals surface area contributed by atoms with Gasteiger partial charge in [0.05, 0.1) is 22.6 Å². The molecule has 0 aliphatic carbocycles. The van der Waals surface area contributed by atoms with E-state index >= 15 is 0 Å². The Kier molecular flexibility index (Phi) is 5.05. The summed E-state index contributed by atoms with van der Waals surface area (Å²) >= 11 is 0. The smallest absolute Gasteiger partial charge is 0.207 e. The van der Waals surface area contributed by atoms with E-state index in [2.05, 4.69) is 4.72 Å². The molecule has 19 heavy (non-hydrogen) atoms. The lowest BCUT2D eigenvalue weighted by molar-refractivity contribution is 0.562. The maximum Gasteiger partial charge on any atom is 0.241 e. The molecule has 0 saturated carbocycles. The van der Waals surface area contributed by atoms with Crippen molar-refractivity contribution in [2.75, 3.05) is 0 Å². The van der Waals surface area contributed by atoms with Crippen LogP contribution in [0, 0.1) is 29.6 Å². The fourth-order valence-corrected chi connectivity index (χ4v) is 3.11. The van der Waals surface area contributed by atoms with Gasteiger partial charge in [-0.15, -0.1) is 0 Å². The lowest BCUT2D eigenvalue weighted by Crippen LogP contribution is -2.34. The van der Waals surface area contributed by atoms with Crippen molar-refractivity contribution in [3.63, 3.8) is 0 Å². The van der Waals surface area contributed by atoms with Gasteiger partial charge in [0, 0.05) is 0 Å². The van der Waals surface area contributed by atoms with Gasteiger partial charge in [0.25, 0.3) is 0 Å². The van der Waals surface area contributed by atoms with E-state index in [0.29, 0.717) is 24.0 Å². The normalized spacial score (nSPS) is 12.4. The Balaban J connectivity index is 3.08. The molecule has 1 atom stereocenters. The average molecular weight is 277 g/mol. The van der Waals surface area contributed by atoms with Crippen molar-refractivity contribution in [1.29, 1.82) is 10.5 Å². The van der Waals surface area contributed by atoms with E-state index in [9.17, 15) is 8.42 Å². The van der Waals surface area contributed by atoms with Gasteiger partial charge in [-0.05, 0) is 37.1 Å². The molecule has 1 aromatic carbocycles. The number of nitrogens with zero attached hydrogens (tertiary/aromatic N) is 2. The predicted octanol–water partition coefficient (Wildman–Crippen LogP) is 1.84. The van der Waals surface area contributed by atoms with Gasteiger partial charge in [0.1, 0.15) is 6.04 Å². The van der Waals surface area contributed by atoms with Crippen LogP contribution in [-0.4, -0.2) is 14.5 Å². The molecule has 0 saturated heterocycles. The van der Waals surface area contributed by atoms with Crippen molar-refractivity contribution in [3.05, 3.63) is 29.3 Å². The monoisotopic (exact) mass is 277 g/mol. The Morgan fingerprint density at radius 1 is 1.37 bits per heavy atom. The fourth-order valence-electron chi connectivity index (χ4n) is 1.71. The van der Waals surface area contributed by atoms with Gasteiger partial charge in [-0.3, -0.25) is 0 Å². The second kappa shape index (κ2) is 6.33. The Morgan fingerprint density at radius 3 is 2.53 bits per heavy atom. The molecule has 6 heteroatoms. The molecule has 0 aliphatic heterocycles. The quantitative estimate of drug-likeness (QED) is 0.888. The molecule has 0 fully saturated rings. The van der Waals surface area contributed by atoms with Gasteiger partial charge in [0.15, 0.2) is 0 Å². The summed E-state index contributed by atoms with van der Waals surface area (Å²) in [6, 6.07) is 7.49. The zero-order chi connectivity index (χ0) is 14.5. The van der Waals surface area contributed by atoms with E-state index < -0.39 is 16.1 Å². The van der Waals surface area contributed by atoms with E-state index in [1.54, 1.807) is 6.92 Å². The highest BCUT2D eigenvalue weighted by molar-refractivity contribution is 7.89. The summed E-state index contributed by atoms with van der Waals surface area (Å²) in [5, 5.41) is 17.6. The zero-order valence-corrected chi connectivity index (χ0v) is 11.7. The summed E-state index contributed by atoms with van der Waals surface area (Å²) in [4.78, 5) is 0.0999. The molecule has 0 radical (unpaired) electrons. The number of nitriles is 2. The summed E-state index contributed by atoms with van der Waals surface area (Å²) in [6.07, 6.45) is 1.18. The van der Waals surface area contributed by atoms with Gasteiger partial charge in [0.2, 0.25) is 10.0 Å². The van der Waals surface area contributed by atoms with Gasteiger partial charge in [-0.2, -0.15) is 15.2 Å². The summed E-state index contributed by atoms with van der Waals surface area (Å²) in [5.74, 6) is 0. The molecule has 0 spiro atoms. The van der Waals surface area contributed by atoms with E-state index in [-0.39, 0.29) is 4.90 Å². The van der Waals surface area contributed by atoms with Crippen LogP contribution >= 0.6 is 0 Å². The Morgan fingerprint density at radius 2 is 2.05 bits per heavy atom. The van der Waals surface area contributed by atoms with Crippen LogP contribution in [0.5, 0.6) is 0 Å². The lowest BCUT2D eigenvalue weighted by Gasteiger charge is -2.13. The SMILES string of the molecule is CCCC(C#N)NS(=O)(=O)c1ccc(C#N)cc1C. The predicted molar refractivity (Wildman–Crippen MR) is 70.5 cm³/mol. The average Bonchev–Trinajstić information content (AvgIpc) is 2.37. The van der Waals surface area contributed by atoms with Crippen LogP contribution in [0.15, 0.2) is 23.1 Å². The molecular weight excluding hydrogens is 262 g/mol. The van der Waals surface area contributed by atoms with Crippen molar-refractivity contribution in [2.45, 2.75) is 37.6 Å². The van der Waals surface area contributed by atoms with Crippen molar-refractivity contribution < 1.29 is 8.42 Å². The molecule has 100 valence electrons. The molecule has 1 aromatic rings. The highest BCUT2D eigenvalue weighted by Crippen LogP contribution is 2.17. The molecule has 1 unspecified atom stereocenters. The number of nitrogens with one attached hydrogen (secondary N) is 1. The zero-order valence-electron chi connectivity index (χ0n) is 10.8. The first-order valence-corrected chi connectivity index (χ1v) is 7.35. The number of aryl methyl sites for hydroxylation is 1. The van der Waals surface area contributed by atoms with Crippen LogP contribution in [0.1, 0.15) is 30.9 Å². The standard InChI is InChI=1S/C13H15N3O2S/c1-3-4-12(9-15)16-19(17,18)13-6-5-11(8-14)7-10(13)2/h5-7,12,16H,3-4H2,1-2H3. The van der Waals surface area contributed by atoms with Crippen LogP contribution in [0.4, 0.5) is 0 Å². The molecule has 0 aromatic heterocycles. The van der Waals surface area contributed by atoms with Crippen molar-refractivity contribution in [2.24, 2.45) is 0 Å². The summed E-state index contributed by atoms with van der Waals surface area (Å²) in [5.41, 5.74) is 0.890. The Labute approximate surface area is 113 Å². The second-order valence-corrected chi connectivity index (χ2v) is 5.87. The first-order valence-electron chi connectivity index (χ1n) is 5.87. The summed E-state index contributed by atoms with van der Waals surface area (Å²) in [7, 11) is -3.73. The van der Waals surface area contributed by atoms with E-state index in [1.165, 1.54) is 18.2 Å². The van der Waals surface area contributed by atoms with Gasteiger partial charge in [-0.1, -0.05) is 13.3 Å². The van der Waals surface area contributed by atoms with Gasteiger partial charge in [-0.25, -0.2) is 8.42 Å². The van der Waals surface area contributed by atoms with Crippen LogP contribution in [-0.2, 0) is 10.0 Å². The van der Waals surface area contributed by atoms with E-state index in [4.69, 9.17) is 10.5 Å². The maximum atomic E-state index is 12.2. The van der Waals surface area contributed by atoms with Crippen molar-refractivity contribution in [1.82, 2.24) is 4.72 Å². The number of sulfonamides is 1. The highest BCUT2D eigenvalue weighted by atomic mass is 32.2. The number of hydrogen-bond donors (Lipinski definition) is 1. The van der Waals surface area contributed by atoms with Crippen LogP contribution in [0.2, 0.25) is 0 Å². The minimum atomic E-state index is -3.73. The maximum absolute atomic E-state index is 12.2. The third-order valence-electron chi connectivity index (χ3n) is 2.62. The summed E-state index contributed by atoms with van der Waals surface area (Å²) in [6.45, 7) is 3.50. The molecule has 1 rings (SSSR count). The Hall–Kier alpha value is -1.89. The third-order valence-corrected chi connectivity index (χ3v) is 4.26. The minimum Gasteiger partial charge on any atom is -0.207 e. The molecule has 0 heterocycles. The largest absolute Gasteiger partial charge is 0.241 e. The van der Waals surface area contributed by atoms with Crippen molar-refractivity contribution in [3.8, 4) is 12.1 Å². The molecule has 5 nitrogen and oxygen atoms in total. The second-order valence-electron chi connectivity index (χ2n) is 4.18. The topological polar surface area (TPSA) is 93.8 Å². The molecule has 0 bridgehead atoms. The van der Waals surface area contributed by atoms with Crippen LogP contribution in [0.25, 0.3) is 0 Å². The number of rotatable bonds is 5. The first kappa shape index (κ1) is 15.2. The van der Waals surface area contributed by atoms with Crippen LogP contribution < -0.4 is 4.72 Å². The molecular formula is C13H15N3O2S. The van der Waals surface area contributed by atoms with Crippen LogP contribution in [0.3, 0.4) is 0 Å². The van der Waals surface area contributed by atoms with Crippen molar-refractivity contribution >= 4 is 10.0 Å². The fraction of sp³-hybridized carbons (Fsp3) is 0.385. The van der Waals surface area contributed by atoms with Gasteiger partial charge < -0.3 is 0 Å². The molecule has 1 N–H and O–H groups in total. The Bertz CT molecular complexity index is 639. The minimum absolute atomic E-state index is 0.0999. The lowest BCUT2D eigenvalue weighted by atomic mass is 10.2. The highest BCUT2D eigenvalue weighted by Gasteiger charge is 2.21.